The average molecular weight is 291 g/mol. The molecular formula is C11H7ClN6S. The molecule has 0 radical (unpaired) electrons. The van der Waals surface area contributed by atoms with Gasteiger partial charge in [0.05, 0.1) is 5.69 Å². The molecule has 0 amide bonds. The van der Waals surface area contributed by atoms with E-state index in [1.807, 2.05) is 30.3 Å². The fraction of sp³-hybridized carbons (Fsp3) is 0. The van der Waals surface area contributed by atoms with Crippen molar-refractivity contribution in [1.82, 2.24) is 30.2 Å². The first kappa shape index (κ1) is 12.1. The minimum atomic E-state index is 0.198. The number of hydrogen-bond acceptors (Lipinski definition) is 6. The van der Waals surface area contributed by atoms with Crippen LogP contribution in [0.15, 0.2) is 52.8 Å². The van der Waals surface area contributed by atoms with Gasteiger partial charge in [0.1, 0.15) is 5.03 Å². The van der Waals surface area contributed by atoms with Gasteiger partial charge in [0, 0.05) is 6.20 Å². The van der Waals surface area contributed by atoms with E-state index in [1.54, 1.807) is 16.9 Å². The number of aromatic nitrogens is 6. The molecule has 2 heterocycles. The summed E-state index contributed by atoms with van der Waals surface area (Å²) in [5.41, 5.74) is 0.884. The Bertz CT molecular complexity index is 686. The molecule has 94 valence electrons. The van der Waals surface area contributed by atoms with Crippen LogP contribution in [0.3, 0.4) is 0 Å². The summed E-state index contributed by atoms with van der Waals surface area (Å²) in [5.74, 6) is 0. The summed E-state index contributed by atoms with van der Waals surface area (Å²) in [5, 5.41) is 13.1. The van der Waals surface area contributed by atoms with Gasteiger partial charge in [-0.15, -0.1) is 5.10 Å². The number of hydrogen-bond donors (Lipinski definition) is 0. The lowest BCUT2D eigenvalue weighted by atomic mass is 10.3. The Morgan fingerprint density at radius 3 is 2.74 bits per heavy atom. The predicted molar refractivity (Wildman–Crippen MR) is 70.3 cm³/mol. The minimum absolute atomic E-state index is 0.198. The largest absolute Gasteiger partial charge is 0.226 e. The highest BCUT2D eigenvalue weighted by Crippen LogP contribution is 2.25. The monoisotopic (exact) mass is 290 g/mol. The van der Waals surface area contributed by atoms with Crippen LogP contribution in [0.25, 0.3) is 5.69 Å². The van der Waals surface area contributed by atoms with Gasteiger partial charge in [-0.05, 0) is 52.0 Å². The molecule has 0 saturated carbocycles. The SMILES string of the molecule is Clc1nccc(Sc2nnnn2-c2ccccc2)n1. The molecule has 0 aliphatic rings. The zero-order valence-electron chi connectivity index (χ0n) is 9.51. The van der Waals surface area contributed by atoms with Gasteiger partial charge in [-0.25, -0.2) is 9.97 Å². The molecule has 19 heavy (non-hydrogen) atoms. The molecular weight excluding hydrogens is 284 g/mol. The van der Waals surface area contributed by atoms with Crippen LogP contribution in [-0.4, -0.2) is 30.2 Å². The van der Waals surface area contributed by atoms with Crippen LogP contribution < -0.4 is 0 Å². The lowest BCUT2D eigenvalue weighted by Gasteiger charge is -2.03. The van der Waals surface area contributed by atoms with Gasteiger partial charge >= 0.3 is 0 Å². The summed E-state index contributed by atoms with van der Waals surface area (Å²) in [6.45, 7) is 0. The molecule has 1 aromatic carbocycles. The summed E-state index contributed by atoms with van der Waals surface area (Å²) in [7, 11) is 0. The third-order valence-electron chi connectivity index (χ3n) is 2.24. The van der Waals surface area contributed by atoms with E-state index in [-0.39, 0.29) is 5.28 Å². The van der Waals surface area contributed by atoms with Crippen molar-refractivity contribution in [2.45, 2.75) is 10.2 Å². The molecule has 0 N–H and O–H groups in total. The van der Waals surface area contributed by atoms with Gasteiger partial charge in [0.15, 0.2) is 0 Å². The van der Waals surface area contributed by atoms with Crippen LogP contribution in [0.1, 0.15) is 0 Å². The quantitative estimate of drug-likeness (QED) is 0.544. The summed E-state index contributed by atoms with van der Waals surface area (Å²) >= 11 is 7.07. The van der Waals surface area contributed by atoms with Crippen molar-refractivity contribution in [3.63, 3.8) is 0 Å². The second kappa shape index (κ2) is 5.33. The maximum absolute atomic E-state index is 5.75. The van der Waals surface area contributed by atoms with E-state index in [1.165, 1.54) is 11.8 Å². The minimum Gasteiger partial charge on any atom is -0.226 e. The number of halogens is 1. The van der Waals surface area contributed by atoms with Gasteiger partial charge in [-0.1, -0.05) is 18.2 Å². The Hall–Kier alpha value is -1.99. The zero-order chi connectivity index (χ0) is 13.1. The van der Waals surface area contributed by atoms with Crippen LogP contribution >= 0.6 is 23.4 Å². The lowest BCUT2D eigenvalue weighted by Crippen LogP contribution is -1.98. The van der Waals surface area contributed by atoms with Gasteiger partial charge in [0.25, 0.3) is 0 Å². The van der Waals surface area contributed by atoms with Crippen molar-refractivity contribution in [2.75, 3.05) is 0 Å². The molecule has 0 saturated heterocycles. The topological polar surface area (TPSA) is 69.4 Å². The highest BCUT2D eigenvalue weighted by molar-refractivity contribution is 7.99. The van der Waals surface area contributed by atoms with Crippen molar-refractivity contribution in [3.05, 3.63) is 47.9 Å². The molecule has 6 nitrogen and oxygen atoms in total. The molecule has 0 aliphatic heterocycles. The number of benzene rings is 1. The predicted octanol–water partition coefficient (Wildman–Crippen LogP) is 2.26. The summed E-state index contributed by atoms with van der Waals surface area (Å²) in [4.78, 5) is 7.92. The van der Waals surface area contributed by atoms with Crippen LogP contribution in [0, 0.1) is 0 Å². The average Bonchev–Trinajstić information content (AvgIpc) is 2.88. The Morgan fingerprint density at radius 1 is 1.11 bits per heavy atom. The zero-order valence-corrected chi connectivity index (χ0v) is 11.1. The van der Waals surface area contributed by atoms with Crippen LogP contribution in [0.2, 0.25) is 5.28 Å². The van der Waals surface area contributed by atoms with Crippen LogP contribution in [0.4, 0.5) is 0 Å². The first-order valence-electron chi connectivity index (χ1n) is 5.33. The summed E-state index contributed by atoms with van der Waals surface area (Å²) in [6.07, 6.45) is 1.59. The number of rotatable bonds is 3. The van der Waals surface area contributed by atoms with Gasteiger partial charge < -0.3 is 0 Å². The Labute approximate surface area is 117 Å². The molecule has 3 rings (SSSR count). The standard InChI is InChI=1S/C11H7ClN6S/c12-10-13-7-6-9(14-10)19-11-15-16-17-18(11)8-4-2-1-3-5-8/h1-7H. The van der Waals surface area contributed by atoms with Crippen molar-refractivity contribution in [1.29, 1.82) is 0 Å². The number of para-hydroxylation sites is 1. The number of tetrazole rings is 1. The normalized spacial score (nSPS) is 10.6. The van der Waals surface area contributed by atoms with E-state index in [4.69, 9.17) is 11.6 Å². The maximum atomic E-state index is 5.75. The molecule has 0 spiro atoms. The molecule has 0 aliphatic carbocycles. The lowest BCUT2D eigenvalue weighted by molar-refractivity contribution is 0.756. The Morgan fingerprint density at radius 2 is 1.95 bits per heavy atom. The molecule has 0 fully saturated rings. The van der Waals surface area contributed by atoms with E-state index >= 15 is 0 Å². The molecule has 3 aromatic rings. The van der Waals surface area contributed by atoms with E-state index in [9.17, 15) is 0 Å². The third-order valence-corrected chi connectivity index (χ3v) is 3.29. The van der Waals surface area contributed by atoms with Gasteiger partial charge in [-0.3, -0.25) is 0 Å². The Kier molecular flexibility index (Phi) is 3.39. The van der Waals surface area contributed by atoms with E-state index < -0.39 is 0 Å². The molecule has 0 bridgehead atoms. The van der Waals surface area contributed by atoms with Crippen molar-refractivity contribution in [2.24, 2.45) is 0 Å². The van der Waals surface area contributed by atoms with E-state index in [0.29, 0.717) is 10.2 Å². The first-order chi connectivity index (χ1) is 9.33. The maximum Gasteiger partial charge on any atom is 0.223 e. The van der Waals surface area contributed by atoms with Gasteiger partial charge in [-0.2, -0.15) is 4.68 Å². The number of nitrogens with zero attached hydrogens (tertiary/aromatic N) is 6. The fourth-order valence-electron chi connectivity index (χ4n) is 1.44. The van der Waals surface area contributed by atoms with Crippen molar-refractivity contribution < 1.29 is 0 Å². The van der Waals surface area contributed by atoms with Crippen LogP contribution in [0.5, 0.6) is 0 Å². The molecule has 0 unspecified atom stereocenters. The highest BCUT2D eigenvalue weighted by Gasteiger charge is 2.10. The first-order valence-corrected chi connectivity index (χ1v) is 6.52. The third kappa shape index (κ3) is 2.72. The molecule has 2 aromatic heterocycles. The highest BCUT2D eigenvalue weighted by atomic mass is 35.5. The van der Waals surface area contributed by atoms with E-state index in [2.05, 4.69) is 25.5 Å². The van der Waals surface area contributed by atoms with Crippen molar-refractivity contribution in [3.8, 4) is 5.69 Å². The van der Waals surface area contributed by atoms with E-state index in [0.717, 1.165) is 5.69 Å². The second-order valence-corrected chi connectivity index (χ2v) is 4.80. The van der Waals surface area contributed by atoms with Crippen molar-refractivity contribution >= 4 is 23.4 Å². The molecule has 0 atom stereocenters. The second-order valence-electron chi connectivity index (χ2n) is 3.47. The van der Waals surface area contributed by atoms with Gasteiger partial charge in [0.2, 0.25) is 10.4 Å². The molecule has 8 heteroatoms. The smallest absolute Gasteiger partial charge is 0.223 e. The fourth-order valence-corrected chi connectivity index (χ4v) is 2.40. The van der Waals surface area contributed by atoms with Crippen LogP contribution in [-0.2, 0) is 0 Å². The summed E-state index contributed by atoms with van der Waals surface area (Å²) in [6, 6.07) is 11.4. The summed E-state index contributed by atoms with van der Waals surface area (Å²) < 4.78 is 1.64. The Balaban J connectivity index is 1.93.